The Bertz CT molecular complexity index is 2040. The molecule has 1 aliphatic heterocycles. The smallest absolute Gasteiger partial charge is 0.336 e. The molecule has 0 aliphatic carbocycles. The lowest BCUT2D eigenvalue weighted by molar-refractivity contribution is -0.114. The van der Waals surface area contributed by atoms with E-state index in [1.165, 1.54) is 24.2 Å². The first-order chi connectivity index (χ1) is 22.3. The summed E-state index contributed by atoms with van der Waals surface area (Å²) in [7, 11) is 1.44. The number of carboxylic acids is 1. The van der Waals surface area contributed by atoms with Crippen LogP contribution in [0.2, 0.25) is 0 Å². The van der Waals surface area contributed by atoms with Gasteiger partial charge in [-0.1, -0.05) is 72.4 Å². The number of fused-ring (bicyclic) bond motifs is 1. The van der Waals surface area contributed by atoms with Gasteiger partial charge in [-0.05, 0) is 48.5 Å². The lowest BCUT2D eigenvalue weighted by Crippen LogP contribution is -2.31. The lowest BCUT2D eigenvalue weighted by atomic mass is 10.0. The van der Waals surface area contributed by atoms with Crippen LogP contribution < -0.4 is 15.0 Å². The van der Waals surface area contributed by atoms with Crippen molar-refractivity contribution in [2.45, 2.75) is 0 Å². The number of para-hydroxylation sites is 3. The van der Waals surface area contributed by atoms with E-state index in [0.29, 0.717) is 44.3 Å². The largest absolute Gasteiger partial charge is 0.504 e. The Morgan fingerprint density at radius 3 is 2.43 bits per heavy atom. The summed E-state index contributed by atoms with van der Waals surface area (Å²) in [6, 6.07) is 29.4. The molecule has 6 rings (SSSR count). The maximum Gasteiger partial charge on any atom is 0.336 e. The van der Waals surface area contributed by atoms with Crippen LogP contribution in [0.1, 0.15) is 15.9 Å². The van der Waals surface area contributed by atoms with Gasteiger partial charge >= 0.3 is 5.97 Å². The number of nitrogens with zero attached hydrogens (tertiary/aromatic N) is 3. The summed E-state index contributed by atoms with van der Waals surface area (Å²) in [6.07, 6.45) is 1.48. The van der Waals surface area contributed by atoms with Crippen LogP contribution in [0.5, 0.6) is 11.5 Å². The van der Waals surface area contributed by atoms with Crippen molar-refractivity contribution in [2.75, 3.05) is 23.1 Å². The normalized spacial score (nSPS) is 13.6. The zero-order valence-electron chi connectivity index (χ0n) is 24.4. The monoisotopic (exact) mass is 630 g/mol. The number of aromatic hydroxyl groups is 1. The number of carbonyl (C=O) groups excluding carboxylic acids is 2. The first-order valence-corrected chi connectivity index (χ1v) is 15.0. The van der Waals surface area contributed by atoms with Crippen LogP contribution in [0, 0.1) is 0 Å². The van der Waals surface area contributed by atoms with Gasteiger partial charge in [0.2, 0.25) is 5.91 Å². The standard InChI is InChI=1S/C35H26N4O6S/c1-45-30-13-7-8-22(32(30)41)18-29-33(42)39(24-9-3-2-4-10-24)35(38-29)46-20-31(40)36-23-16-14-21(15-17-23)28-19-26(34(43)44)25-11-5-6-12-27(25)37-28/h2-19,41H,20H2,1H3,(H,36,40)(H,43,44)/b29-18-. The molecule has 2 heterocycles. The molecule has 0 unspecified atom stereocenters. The van der Waals surface area contributed by atoms with E-state index in [9.17, 15) is 24.6 Å². The quantitative estimate of drug-likeness (QED) is 0.167. The van der Waals surface area contributed by atoms with Gasteiger partial charge in [-0.2, -0.15) is 0 Å². The molecule has 4 aromatic carbocycles. The van der Waals surface area contributed by atoms with Crippen molar-refractivity contribution in [1.29, 1.82) is 0 Å². The fraction of sp³-hybridized carbons (Fsp3) is 0.0571. The van der Waals surface area contributed by atoms with E-state index in [-0.39, 0.29) is 34.4 Å². The van der Waals surface area contributed by atoms with Crippen molar-refractivity contribution >= 4 is 63.1 Å². The first kappa shape index (κ1) is 30.1. The van der Waals surface area contributed by atoms with E-state index in [1.807, 2.05) is 6.07 Å². The molecule has 10 nitrogen and oxygen atoms in total. The molecule has 11 heteroatoms. The summed E-state index contributed by atoms with van der Waals surface area (Å²) >= 11 is 1.10. The molecule has 0 saturated heterocycles. The van der Waals surface area contributed by atoms with Crippen molar-refractivity contribution in [3.63, 3.8) is 0 Å². The minimum atomic E-state index is -1.04. The summed E-state index contributed by atoms with van der Waals surface area (Å²) in [5, 5.41) is 24.0. The van der Waals surface area contributed by atoms with Gasteiger partial charge < -0.3 is 20.3 Å². The van der Waals surface area contributed by atoms with Crippen LogP contribution in [-0.2, 0) is 9.59 Å². The van der Waals surface area contributed by atoms with Crippen LogP contribution in [-0.4, -0.2) is 51.0 Å². The van der Waals surface area contributed by atoms with Gasteiger partial charge in [0.1, 0.15) is 5.70 Å². The van der Waals surface area contributed by atoms with Crippen molar-refractivity contribution in [3.05, 3.63) is 120 Å². The number of benzene rings is 4. The average Bonchev–Trinajstić information content (AvgIpc) is 3.39. The molecule has 0 spiro atoms. The molecule has 5 aromatic rings. The number of nitrogens with one attached hydrogen (secondary N) is 1. The number of aromatic carboxylic acids is 1. The van der Waals surface area contributed by atoms with Gasteiger partial charge in [0.25, 0.3) is 5.91 Å². The highest BCUT2D eigenvalue weighted by atomic mass is 32.2. The first-order valence-electron chi connectivity index (χ1n) is 14.0. The highest BCUT2D eigenvalue weighted by Gasteiger charge is 2.32. The molecule has 0 atom stereocenters. The molecular formula is C35H26N4O6S. The topological polar surface area (TPSA) is 141 Å². The van der Waals surface area contributed by atoms with Gasteiger partial charge in [-0.3, -0.25) is 14.5 Å². The third-order valence-electron chi connectivity index (χ3n) is 7.13. The average molecular weight is 631 g/mol. The number of carbonyl (C=O) groups is 3. The number of rotatable bonds is 8. The van der Waals surface area contributed by atoms with Crippen LogP contribution >= 0.6 is 11.8 Å². The summed E-state index contributed by atoms with van der Waals surface area (Å²) in [6.45, 7) is 0. The van der Waals surface area contributed by atoms with Crippen LogP contribution in [0.15, 0.2) is 114 Å². The number of hydrogen-bond donors (Lipinski definition) is 3. The molecule has 0 saturated carbocycles. The molecule has 228 valence electrons. The Morgan fingerprint density at radius 2 is 1.70 bits per heavy atom. The Hall–Kier alpha value is -5.94. The van der Waals surface area contributed by atoms with Gasteiger partial charge in [-0.15, -0.1) is 0 Å². The molecule has 0 radical (unpaired) electrons. The SMILES string of the molecule is COc1cccc(/C=C2\N=C(SCC(=O)Nc3ccc(-c4cc(C(=O)O)c5ccccc5n4)cc3)N(c3ccccc3)C2=O)c1O. The number of ether oxygens (including phenoxy) is 1. The van der Waals surface area contributed by atoms with Crippen LogP contribution in [0.4, 0.5) is 11.4 Å². The Labute approximate surface area is 267 Å². The number of aromatic nitrogens is 1. The minimum absolute atomic E-state index is 0.0386. The van der Waals surface area contributed by atoms with Crippen LogP contribution in [0.3, 0.4) is 0 Å². The highest BCUT2D eigenvalue weighted by Crippen LogP contribution is 2.34. The van der Waals surface area contributed by atoms with E-state index in [1.54, 1.807) is 91.0 Å². The maximum absolute atomic E-state index is 13.5. The molecular weight excluding hydrogens is 604 g/mol. The number of methoxy groups -OCH3 is 1. The number of anilines is 2. The van der Waals surface area contributed by atoms with Gasteiger partial charge in [0.15, 0.2) is 16.7 Å². The van der Waals surface area contributed by atoms with Gasteiger partial charge in [-0.25, -0.2) is 14.8 Å². The van der Waals surface area contributed by atoms with E-state index < -0.39 is 11.9 Å². The lowest BCUT2D eigenvalue weighted by Gasteiger charge is -2.17. The summed E-state index contributed by atoms with van der Waals surface area (Å²) in [5.74, 6) is -1.65. The second-order valence-corrected chi connectivity index (χ2v) is 11.0. The molecule has 0 bridgehead atoms. The number of thioether (sulfide) groups is 1. The second kappa shape index (κ2) is 13.0. The van der Waals surface area contributed by atoms with Crippen LogP contribution in [0.25, 0.3) is 28.2 Å². The van der Waals surface area contributed by atoms with Gasteiger partial charge in [0.05, 0.1) is 35.3 Å². The number of hydrogen-bond acceptors (Lipinski definition) is 8. The molecule has 0 fully saturated rings. The van der Waals surface area contributed by atoms with Crippen molar-refractivity contribution < 1.29 is 29.3 Å². The Morgan fingerprint density at radius 1 is 0.957 bits per heavy atom. The molecule has 3 N–H and O–H groups in total. The van der Waals surface area contributed by atoms with E-state index in [0.717, 1.165) is 11.8 Å². The summed E-state index contributed by atoms with van der Waals surface area (Å²) in [5.41, 5.74) is 3.51. The Balaban J connectivity index is 1.19. The number of carboxylic acid groups (broad SMARTS) is 1. The zero-order valence-corrected chi connectivity index (χ0v) is 25.2. The number of phenolic OH excluding ortho intramolecular Hbond substituents is 1. The van der Waals surface area contributed by atoms with E-state index in [4.69, 9.17) is 4.74 Å². The number of pyridine rings is 1. The number of phenols is 1. The minimum Gasteiger partial charge on any atom is -0.504 e. The number of amides is 2. The van der Waals surface area contributed by atoms with Crippen molar-refractivity contribution in [2.24, 2.45) is 4.99 Å². The third kappa shape index (κ3) is 6.17. The molecule has 2 amide bonds. The van der Waals surface area contributed by atoms with E-state index in [2.05, 4.69) is 15.3 Å². The van der Waals surface area contributed by atoms with Gasteiger partial charge in [0, 0.05) is 22.2 Å². The second-order valence-electron chi connectivity index (χ2n) is 10.1. The fourth-order valence-electron chi connectivity index (χ4n) is 4.92. The number of amidine groups is 1. The summed E-state index contributed by atoms with van der Waals surface area (Å²) < 4.78 is 5.18. The predicted molar refractivity (Wildman–Crippen MR) is 179 cm³/mol. The zero-order chi connectivity index (χ0) is 32.2. The highest BCUT2D eigenvalue weighted by molar-refractivity contribution is 8.14. The molecule has 1 aliphatic rings. The molecule has 1 aromatic heterocycles. The number of aliphatic imine (C=N–C) groups is 1. The maximum atomic E-state index is 13.5. The third-order valence-corrected chi connectivity index (χ3v) is 8.07. The van der Waals surface area contributed by atoms with E-state index >= 15 is 0 Å². The van der Waals surface area contributed by atoms with Crippen molar-refractivity contribution in [1.82, 2.24) is 4.98 Å². The fourth-order valence-corrected chi connectivity index (χ4v) is 5.73. The predicted octanol–water partition coefficient (Wildman–Crippen LogP) is 6.43. The Kier molecular flexibility index (Phi) is 8.48. The summed E-state index contributed by atoms with van der Waals surface area (Å²) in [4.78, 5) is 48.9. The molecule has 46 heavy (non-hydrogen) atoms. The van der Waals surface area contributed by atoms with Crippen molar-refractivity contribution in [3.8, 4) is 22.8 Å².